The van der Waals surface area contributed by atoms with Crippen LogP contribution in [0, 0.1) is 0 Å². The van der Waals surface area contributed by atoms with Gasteiger partial charge in [0.1, 0.15) is 11.5 Å². The molecule has 1 aliphatic heterocycles. The van der Waals surface area contributed by atoms with Crippen molar-refractivity contribution in [3.05, 3.63) is 68.7 Å². The number of benzene rings is 2. The molecule has 0 spiro atoms. The summed E-state index contributed by atoms with van der Waals surface area (Å²) in [5.41, 5.74) is 1.09. The number of Topliss-reactive ketones (excluding diaryl/α,β-unsaturated/α-hetero) is 1. The number of aliphatic hydroxyl groups excluding tert-OH is 1. The largest absolute Gasteiger partial charge is 0.507 e. The van der Waals surface area contributed by atoms with E-state index in [2.05, 4.69) is 15.9 Å². The Morgan fingerprint density at radius 2 is 1.90 bits per heavy atom. The van der Waals surface area contributed by atoms with Crippen molar-refractivity contribution < 1.29 is 24.2 Å². The molecule has 2 aromatic carbocycles. The van der Waals surface area contributed by atoms with Crippen molar-refractivity contribution in [1.82, 2.24) is 4.90 Å². The molecule has 0 aromatic heterocycles. The van der Waals surface area contributed by atoms with Crippen molar-refractivity contribution in [2.45, 2.75) is 19.4 Å². The number of halogens is 2. The SMILES string of the molecule is CCOc1ccc(C(O)=C2C(=O)C(=O)N(CCCOC)C2c2ccc(Br)cc2)cc1Cl. The first-order chi connectivity index (χ1) is 14.9. The van der Waals surface area contributed by atoms with Crippen LogP contribution < -0.4 is 4.74 Å². The third-order valence-electron chi connectivity index (χ3n) is 4.98. The van der Waals surface area contributed by atoms with E-state index in [1.807, 2.05) is 31.2 Å². The van der Waals surface area contributed by atoms with Crippen LogP contribution in [0.25, 0.3) is 5.76 Å². The summed E-state index contributed by atoms with van der Waals surface area (Å²) >= 11 is 9.67. The molecule has 164 valence electrons. The number of nitrogens with zero attached hydrogens (tertiary/aromatic N) is 1. The minimum absolute atomic E-state index is 0.0324. The molecule has 2 aromatic rings. The van der Waals surface area contributed by atoms with Crippen LogP contribution >= 0.6 is 27.5 Å². The number of hydrogen-bond acceptors (Lipinski definition) is 5. The van der Waals surface area contributed by atoms with E-state index in [-0.39, 0.29) is 11.3 Å². The summed E-state index contributed by atoms with van der Waals surface area (Å²) < 4.78 is 11.4. The van der Waals surface area contributed by atoms with Gasteiger partial charge >= 0.3 is 0 Å². The fourth-order valence-corrected chi connectivity index (χ4v) is 4.06. The number of ether oxygens (including phenoxy) is 2. The minimum Gasteiger partial charge on any atom is -0.507 e. The molecule has 31 heavy (non-hydrogen) atoms. The maximum absolute atomic E-state index is 13.0. The lowest BCUT2D eigenvalue weighted by molar-refractivity contribution is -0.140. The van der Waals surface area contributed by atoms with E-state index in [9.17, 15) is 14.7 Å². The molecule has 0 bridgehead atoms. The molecule has 1 heterocycles. The van der Waals surface area contributed by atoms with Gasteiger partial charge in [0.25, 0.3) is 11.7 Å². The second kappa shape index (κ2) is 10.3. The zero-order chi connectivity index (χ0) is 22.5. The summed E-state index contributed by atoms with van der Waals surface area (Å²) in [6.45, 7) is 3.05. The number of carbonyl (C=O) groups excluding carboxylic acids is 2. The number of aliphatic hydroxyl groups is 1. The van der Waals surface area contributed by atoms with Crippen LogP contribution in [0.1, 0.15) is 30.5 Å². The van der Waals surface area contributed by atoms with Crippen molar-refractivity contribution >= 4 is 45.0 Å². The molecular weight excluding hydrogens is 486 g/mol. The Morgan fingerprint density at radius 1 is 1.19 bits per heavy atom. The predicted octanol–water partition coefficient (Wildman–Crippen LogP) is 4.96. The Balaban J connectivity index is 2.10. The highest BCUT2D eigenvalue weighted by atomic mass is 79.9. The van der Waals surface area contributed by atoms with E-state index in [0.29, 0.717) is 42.5 Å². The van der Waals surface area contributed by atoms with E-state index in [1.54, 1.807) is 19.2 Å². The summed E-state index contributed by atoms with van der Waals surface area (Å²) in [5, 5.41) is 11.4. The summed E-state index contributed by atoms with van der Waals surface area (Å²) in [5.74, 6) is -1.17. The standard InChI is InChI=1S/C23H23BrClNO5/c1-3-31-18-10-7-15(13-17(18)25)21(27)19-20(14-5-8-16(24)9-6-14)26(11-4-12-30-2)23(29)22(19)28/h5-10,13,20,27H,3-4,11-12H2,1-2H3. The summed E-state index contributed by atoms with van der Waals surface area (Å²) in [4.78, 5) is 27.3. The first kappa shape index (κ1) is 23.3. The molecule has 1 unspecified atom stereocenters. The first-order valence-electron chi connectivity index (χ1n) is 9.84. The molecule has 8 heteroatoms. The molecule has 0 saturated carbocycles. The Hall–Kier alpha value is -2.35. The molecule has 1 saturated heterocycles. The number of ketones is 1. The molecule has 1 amide bonds. The van der Waals surface area contributed by atoms with Crippen molar-refractivity contribution in [3.8, 4) is 5.75 Å². The monoisotopic (exact) mass is 507 g/mol. The van der Waals surface area contributed by atoms with Gasteiger partial charge in [-0.2, -0.15) is 0 Å². The predicted molar refractivity (Wildman–Crippen MR) is 122 cm³/mol. The third-order valence-corrected chi connectivity index (χ3v) is 5.80. The molecule has 6 nitrogen and oxygen atoms in total. The molecule has 0 aliphatic carbocycles. The molecule has 3 rings (SSSR count). The average molecular weight is 509 g/mol. The number of hydrogen-bond donors (Lipinski definition) is 1. The van der Waals surface area contributed by atoms with Gasteiger partial charge in [0, 0.05) is 30.3 Å². The number of rotatable bonds is 8. The lowest BCUT2D eigenvalue weighted by atomic mass is 9.95. The number of likely N-dealkylation sites (tertiary alicyclic amines) is 1. The first-order valence-corrected chi connectivity index (χ1v) is 11.0. The maximum atomic E-state index is 13.0. The molecule has 0 radical (unpaired) electrons. The van der Waals surface area contributed by atoms with Gasteiger partial charge in [0.05, 0.1) is 23.2 Å². The van der Waals surface area contributed by atoms with Gasteiger partial charge < -0.3 is 19.5 Å². The summed E-state index contributed by atoms with van der Waals surface area (Å²) in [6.07, 6.45) is 0.561. The fraction of sp³-hybridized carbons (Fsp3) is 0.304. The molecule has 1 N–H and O–H groups in total. The van der Waals surface area contributed by atoms with Crippen molar-refractivity contribution in [1.29, 1.82) is 0 Å². The Kier molecular flexibility index (Phi) is 7.75. The van der Waals surface area contributed by atoms with Gasteiger partial charge in [-0.15, -0.1) is 0 Å². The van der Waals surface area contributed by atoms with Crippen LogP contribution in [0.2, 0.25) is 5.02 Å². The Labute approximate surface area is 194 Å². The maximum Gasteiger partial charge on any atom is 0.295 e. The highest BCUT2D eigenvalue weighted by Crippen LogP contribution is 2.40. The van der Waals surface area contributed by atoms with Gasteiger partial charge in [-0.3, -0.25) is 9.59 Å². The van der Waals surface area contributed by atoms with Crippen molar-refractivity contribution in [2.24, 2.45) is 0 Å². The fourth-order valence-electron chi connectivity index (χ4n) is 3.56. The molecule has 1 aliphatic rings. The van der Waals surface area contributed by atoms with E-state index in [4.69, 9.17) is 21.1 Å². The van der Waals surface area contributed by atoms with Gasteiger partial charge in [0.15, 0.2) is 0 Å². The Bertz CT molecular complexity index is 1010. The zero-order valence-electron chi connectivity index (χ0n) is 17.2. The van der Waals surface area contributed by atoms with Crippen molar-refractivity contribution in [2.75, 3.05) is 26.9 Å². The van der Waals surface area contributed by atoms with Gasteiger partial charge in [-0.1, -0.05) is 39.7 Å². The van der Waals surface area contributed by atoms with Gasteiger partial charge in [-0.25, -0.2) is 0 Å². The van der Waals surface area contributed by atoms with Gasteiger partial charge in [-0.05, 0) is 49.2 Å². The second-order valence-electron chi connectivity index (χ2n) is 6.97. The van der Waals surface area contributed by atoms with Crippen LogP contribution in [-0.4, -0.2) is 48.6 Å². The molecule has 1 atom stereocenters. The number of carbonyl (C=O) groups is 2. The Morgan fingerprint density at radius 3 is 2.52 bits per heavy atom. The van der Waals surface area contributed by atoms with Crippen LogP contribution in [-0.2, 0) is 14.3 Å². The third kappa shape index (κ3) is 4.95. The van der Waals surface area contributed by atoms with E-state index < -0.39 is 17.7 Å². The van der Waals surface area contributed by atoms with E-state index >= 15 is 0 Å². The topological polar surface area (TPSA) is 76.1 Å². The van der Waals surface area contributed by atoms with Crippen molar-refractivity contribution in [3.63, 3.8) is 0 Å². The summed E-state index contributed by atoms with van der Waals surface area (Å²) in [6, 6.07) is 11.4. The van der Waals surface area contributed by atoms with Gasteiger partial charge in [0.2, 0.25) is 0 Å². The average Bonchev–Trinajstić information content (AvgIpc) is 3.00. The number of methoxy groups -OCH3 is 1. The van der Waals surface area contributed by atoms with E-state index in [0.717, 1.165) is 10.0 Å². The summed E-state index contributed by atoms with van der Waals surface area (Å²) in [7, 11) is 1.58. The quantitative estimate of drug-likeness (QED) is 0.236. The van der Waals surface area contributed by atoms with E-state index in [1.165, 1.54) is 11.0 Å². The van der Waals surface area contributed by atoms with Crippen LogP contribution in [0.15, 0.2) is 52.5 Å². The zero-order valence-corrected chi connectivity index (χ0v) is 19.6. The minimum atomic E-state index is -0.729. The smallest absolute Gasteiger partial charge is 0.295 e. The lowest BCUT2D eigenvalue weighted by Gasteiger charge is -2.25. The second-order valence-corrected chi connectivity index (χ2v) is 8.29. The highest BCUT2D eigenvalue weighted by Gasteiger charge is 2.45. The van der Waals surface area contributed by atoms with Crippen LogP contribution in [0.5, 0.6) is 5.75 Å². The van der Waals surface area contributed by atoms with Crippen LogP contribution in [0.3, 0.4) is 0 Å². The highest BCUT2D eigenvalue weighted by molar-refractivity contribution is 9.10. The normalized spacial score (nSPS) is 17.9. The van der Waals surface area contributed by atoms with Crippen LogP contribution in [0.4, 0.5) is 0 Å². The molecule has 1 fully saturated rings. The molecular formula is C23H23BrClNO5. The number of amides is 1. The lowest BCUT2D eigenvalue weighted by Crippen LogP contribution is -2.31.